The molecule has 2 aliphatic rings. The maximum absolute atomic E-state index is 13.2. The lowest BCUT2D eigenvalue weighted by Gasteiger charge is -2.21. The van der Waals surface area contributed by atoms with E-state index in [-0.39, 0.29) is 17.4 Å². The molecule has 0 atom stereocenters. The van der Waals surface area contributed by atoms with Crippen LogP contribution in [0.5, 0.6) is 5.75 Å². The van der Waals surface area contributed by atoms with Crippen LogP contribution in [0.4, 0.5) is 4.39 Å². The number of nitrogens with one attached hydrogen (secondary N) is 1. The van der Waals surface area contributed by atoms with E-state index in [0.29, 0.717) is 12.1 Å². The fourth-order valence-corrected chi connectivity index (χ4v) is 3.17. The second-order valence-corrected chi connectivity index (χ2v) is 6.54. The zero-order valence-corrected chi connectivity index (χ0v) is 14.3. The molecule has 1 aromatic carbocycles. The van der Waals surface area contributed by atoms with Crippen molar-refractivity contribution in [3.8, 4) is 5.75 Å². The Kier molecular flexibility index (Phi) is 6.17. The number of halogens is 1. The van der Waals surface area contributed by atoms with Crippen LogP contribution in [-0.4, -0.2) is 35.4 Å². The maximum atomic E-state index is 13.2. The van der Waals surface area contributed by atoms with Gasteiger partial charge in [0.2, 0.25) is 5.91 Å². The zero-order chi connectivity index (χ0) is 17.7. The van der Waals surface area contributed by atoms with Gasteiger partial charge in [-0.25, -0.2) is 4.39 Å². The molecular formula is C18H25FN2O3. The molecule has 0 radical (unpaired) electrons. The van der Waals surface area contributed by atoms with Crippen LogP contribution in [0.1, 0.15) is 54.9 Å². The van der Waals surface area contributed by atoms with E-state index in [2.05, 4.69) is 5.32 Å². The topological polar surface area (TPSA) is 69.6 Å². The lowest BCUT2D eigenvalue weighted by Crippen LogP contribution is -2.28. The minimum atomic E-state index is -0.813. The first-order valence-corrected chi connectivity index (χ1v) is 8.40. The monoisotopic (exact) mass is 336 g/mol. The van der Waals surface area contributed by atoms with Gasteiger partial charge in [0, 0.05) is 27.1 Å². The van der Waals surface area contributed by atoms with E-state index in [0.717, 1.165) is 12.5 Å². The molecule has 0 saturated heterocycles. The van der Waals surface area contributed by atoms with Crippen molar-refractivity contribution in [2.24, 2.45) is 5.92 Å². The number of hydrogen-bond acceptors (Lipinski definition) is 3. The highest BCUT2D eigenvalue weighted by Crippen LogP contribution is 2.29. The quantitative estimate of drug-likeness (QED) is 0.872. The van der Waals surface area contributed by atoms with Crippen molar-refractivity contribution in [3.05, 3.63) is 29.1 Å². The smallest absolute Gasteiger partial charge is 0.257 e. The molecule has 6 heteroatoms. The highest BCUT2D eigenvalue weighted by atomic mass is 19.1. The number of benzene rings is 1. The van der Waals surface area contributed by atoms with Crippen LogP contribution in [0.15, 0.2) is 12.1 Å². The van der Waals surface area contributed by atoms with Gasteiger partial charge in [-0.1, -0.05) is 25.3 Å². The van der Waals surface area contributed by atoms with Gasteiger partial charge in [-0.15, -0.1) is 0 Å². The molecule has 0 bridgehead atoms. The number of carbonyl (C=O) groups excluding carboxylic acids is 2. The minimum absolute atomic E-state index is 0.00231. The van der Waals surface area contributed by atoms with Gasteiger partial charge < -0.3 is 15.3 Å². The maximum Gasteiger partial charge on any atom is 0.257 e. The molecule has 0 spiro atoms. The van der Waals surface area contributed by atoms with Crippen molar-refractivity contribution in [2.45, 2.75) is 45.6 Å². The Morgan fingerprint density at radius 2 is 2.00 bits per heavy atom. The normalized spacial score (nSPS) is 17.1. The Balaban J connectivity index is 0.000000177. The average Bonchev–Trinajstić information content (AvgIpc) is 2.86. The minimum Gasteiger partial charge on any atom is -0.505 e. The van der Waals surface area contributed by atoms with Crippen molar-refractivity contribution in [1.29, 1.82) is 0 Å². The number of phenols is 1. The summed E-state index contributed by atoms with van der Waals surface area (Å²) < 4.78 is 13.2. The van der Waals surface area contributed by atoms with Crippen LogP contribution in [-0.2, 0) is 11.3 Å². The summed E-state index contributed by atoms with van der Waals surface area (Å²) in [6, 6.07) is 2.83. The lowest BCUT2D eigenvalue weighted by molar-refractivity contribution is -0.119. The first kappa shape index (κ1) is 18.2. The summed E-state index contributed by atoms with van der Waals surface area (Å²) >= 11 is 0. The Morgan fingerprint density at radius 1 is 1.33 bits per heavy atom. The second kappa shape index (κ2) is 8.13. The third-order valence-electron chi connectivity index (χ3n) is 4.54. The number of hydrogen-bond donors (Lipinski definition) is 2. The van der Waals surface area contributed by atoms with Crippen LogP contribution in [0, 0.1) is 11.7 Å². The van der Waals surface area contributed by atoms with Crippen LogP contribution < -0.4 is 5.32 Å². The van der Waals surface area contributed by atoms with Gasteiger partial charge in [-0.2, -0.15) is 0 Å². The van der Waals surface area contributed by atoms with E-state index in [1.807, 2.05) is 0 Å². The molecule has 0 unspecified atom stereocenters. The summed E-state index contributed by atoms with van der Waals surface area (Å²) in [4.78, 5) is 23.3. The second-order valence-electron chi connectivity index (χ2n) is 6.54. The number of amides is 2. The fourth-order valence-electron chi connectivity index (χ4n) is 3.17. The Labute approximate surface area is 141 Å². The summed E-state index contributed by atoms with van der Waals surface area (Å²) in [6.45, 7) is 2.89. The molecule has 1 saturated carbocycles. The standard InChI is InChI=1S/C9H8FNO2.C9H17NO/c1-11-4-5-2-3-6(12)8(10)7(5)9(11)13;1-8(11)10-7-9-5-3-2-4-6-9/h2-3,12H,4H2,1H3;9H,2-7H2,1H3,(H,10,11). The van der Waals surface area contributed by atoms with E-state index in [4.69, 9.17) is 5.11 Å². The molecule has 0 aromatic heterocycles. The van der Waals surface area contributed by atoms with Gasteiger partial charge in [-0.05, 0) is 30.4 Å². The van der Waals surface area contributed by atoms with Gasteiger partial charge in [0.05, 0.1) is 5.56 Å². The fraction of sp³-hybridized carbons (Fsp3) is 0.556. The van der Waals surface area contributed by atoms with E-state index < -0.39 is 11.6 Å². The van der Waals surface area contributed by atoms with E-state index in [1.165, 1.54) is 43.1 Å². The predicted molar refractivity (Wildman–Crippen MR) is 89.1 cm³/mol. The molecule has 1 aromatic rings. The molecule has 3 rings (SSSR count). The zero-order valence-electron chi connectivity index (χ0n) is 14.3. The number of nitrogens with zero attached hydrogens (tertiary/aromatic N) is 1. The Morgan fingerprint density at radius 3 is 2.62 bits per heavy atom. The highest BCUT2D eigenvalue weighted by molar-refractivity contribution is 5.98. The molecule has 1 heterocycles. The number of fused-ring (bicyclic) bond motifs is 1. The summed E-state index contributed by atoms with van der Waals surface area (Å²) in [6.07, 6.45) is 6.70. The first-order valence-electron chi connectivity index (χ1n) is 8.40. The summed E-state index contributed by atoms with van der Waals surface area (Å²) in [5.41, 5.74) is 0.630. The summed E-state index contributed by atoms with van der Waals surface area (Å²) in [5, 5.41) is 11.9. The molecule has 5 nitrogen and oxygen atoms in total. The summed E-state index contributed by atoms with van der Waals surface area (Å²) in [7, 11) is 1.60. The number of phenolic OH excluding ortho intramolecular Hbond substituents is 1. The van der Waals surface area contributed by atoms with Crippen LogP contribution in [0.25, 0.3) is 0 Å². The van der Waals surface area contributed by atoms with Crippen LogP contribution >= 0.6 is 0 Å². The Bertz CT molecular complexity index is 613. The van der Waals surface area contributed by atoms with Gasteiger partial charge in [0.25, 0.3) is 5.91 Å². The van der Waals surface area contributed by atoms with Crippen LogP contribution in [0.2, 0.25) is 0 Å². The molecule has 1 aliphatic carbocycles. The molecule has 2 N–H and O–H groups in total. The number of rotatable bonds is 2. The van der Waals surface area contributed by atoms with Gasteiger partial charge in [0.1, 0.15) is 0 Å². The summed E-state index contributed by atoms with van der Waals surface area (Å²) in [5.74, 6) is -0.791. The Hall–Kier alpha value is -2.11. The predicted octanol–water partition coefficient (Wildman–Crippen LogP) is 2.82. The van der Waals surface area contributed by atoms with Crippen molar-refractivity contribution >= 4 is 11.8 Å². The largest absolute Gasteiger partial charge is 0.505 e. The first-order chi connectivity index (χ1) is 11.4. The molecule has 2 amide bonds. The molecular weight excluding hydrogens is 311 g/mol. The molecule has 1 fully saturated rings. The molecule has 1 aliphatic heterocycles. The van der Waals surface area contributed by atoms with E-state index in [1.54, 1.807) is 20.0 Å². The molecule has 24 heavy (non-hydrogen) atoms. The van der Waals surface area contributed by atoms with E-state index >= 15 is 0 Å². The highest BCUT2D eigenvalue weighted by Gasteiger charge is 2.29. The van der Waals surface area contributed by atoms with E-state index in [9.17, 15) is 14.0 Å². The van der Waals surface area contributed by atoms with Gasteiger partial charge in [0.15, 0.2) is 11.6 Å². The van der Waals surface area contributed by atoms with Crippen molar-refractivity contribution in [1.82, 2.24) is 10.2 Å². The van der Waals surface area contributed by atoms with Crippen molar-refractivity contribution in [3.63, 3.8) is 0 Å². The third kappa shape index (κ3) is 4.46. The SMILES string of the molecule is CC(=O)NCC1CCCCC1.CN1Cc2ccc(O)c(F)c2C1=O. The van der Waals surface area contributed by atoms with Crippen molar-refractivity contribution < 1.29 is 19.1 Å². The van der Waals surface area contributed by atoms with Gasteiger partial charge >= 0.3 is 0 Å². The third-order valence-corrected chi connectivity index (χ3v) is 4.54. The number of carbonyl (C=O) groups is 2. The number of aromatic hydroxyl groups is 1. The van der Waals surface area contributed by atoms with Crippen molar-refractivity contribution in [2.75, 3.05) is 13.6 Å². The lowest BCUT2D eigenvalue weighted by atomic mass is 9.89. The average molecular weight is 336 g/mol. The van der Waals surface area contributed by atoms with Gasteiger partial charge in [-0.3, -0.25) is 9.59 Å². The molecule has 132 valence electrons. The van der Waals surface area contributed by atoms with Crippen LogP contribution in [0.3, 0.4) is 0 Å².